The van der Waals surface area contributed by atoms with Crippen molar-refractivity contribution in [3.63, 3.8) is 0 Å². The van der Waals surface area contributed by atoms with Crippen LogP contribution in [0.1, 0.15) is 44.5 Å². The summed E-state index contributed by atoms with van der Waals surface area (Å²) in [6.45, 7) is 24.4. The van der Waals surface area contributed by atoms with Crippen LogP contribution >= 0.6 is 0 Å². The van der Waals surface area contributed by atoms with Crippen LogP contribution in [-0.4, -0.2) is 9.13 Å². The Balaban J connectivity index is 1.24. The number of nitrogens with zero attached hydrogens (tertiary/aromatic N) is 12. The van der Waals surface area contributed by atoms with E-state index in [9.17, 15) is 36.8 Å². The Morgan fingerprint density at radius 2 is 0.686 bits per heavy atom. The number of nitriles is 7. The van der Waals surface area contributed by atoms with Crippen molar-refractivity contribution in [3.8, 4) is 109 Å². The average Bonchev–Trinajstić information content (AvgIpc) is 1.72. The monoisotopic (exact) mass is 1110 g/mol. The quantitative estimate of drug-likeness (QED) is 0.142. The molecule has 0 aliphatic rings. The predicted molar refractivity (Wildman–Crippen MR) is 319 cm³/mol. The Labute approximate surface area is 487 Å². The molecule has 12 rings (SSSR count). The van der Waals surface area contributed by atoms with Gasteiger partial charge in [-0.2, -0.15) is 50.0 Å². The van der Waals surface area contributed by atoms with Crippen molar-refractivity contribution in [2.24, 2.45) is 0 Å². The fraction of sp³-hybridized carbons (Fsp3) is 0.0141. The maximum absolute atomic E-state index is 15.4. The molecule has 0 saturated carbocycles. The minimum atomic E-state index is -4.99. The highest BCUT2D eigenvalue weighted by Gasteiger charge is 2.35. The standard InChI is InChI=1S/C71H29F3N12/c1-82-51-12-17-54(50(26-51)39-81)46-10-20-67-60(29-46)61-30-47(55-15-6-43(36-78)25-63(55)83-2)11-21-68(61)86(67)70-32-64(84-3)57(56-16-7-42(35-77)24-62(56)71(72,73)74)31-69(70)85-65-18-8-44(52-13-4-40(33-75)22-48(52)37-79)27-58(65)59-28-45(9-19-66(59)85)53-14-5-41(34-76)23-49(53)38-80/h4-32H. The minimum Gasteiger partial charge on any atom is -0.308 e. The first-order valence-electron chi connectivity index (χ1n) is 25.9. The highest BCUT2D eigenvalue weighted by atomic mass is 19.4. The van der Waals surface area contributed by atoms with Crippen LogP contribution in [0.4, 0.5) is 30.2 Å². The highest BCUT2D eigenvalue weighted by Crippen LogP contribution is 2.48. The molecule has 0 atom stereocenters. The molecule has 15 heteroatoms. The van der Waals surface area contributed by atoms with E-state index in [2.05, 4.69) is 51.0 Å². The SMILES string of the molecule is [C-]#[N+]c1ccc(-c2ccc3c(c2)c2cc(-c4ccc(C#N)cc4[N+]#[C-])ccc2n3-c2cc([N+]#[C-])c(-c3ccc(C#N)cc3C(F)(F)F)cc2-n2c3ccc(-c4ccc(C#N)cc4C#N)cc3c3cc(-c4ccc(C#N)cc4C#N)ccc32)c(C#N)c1. The van der Waals surface area contributed by atoms with E-state index in [0.717, 1.165) is 6.07 Å². The summed E-state index contributed by atoms with van der Waals surface area (Å²) < 4.78 is 50.0. The van der Waals surface area contributed by atoms with Gasteiger partial charge in [0.15, 0.2) is 17.1 Å². The second-order valence-corrected chi connectivity index (χ2v) is 19.8. The summed E-state index contributed by atoms with van der Waals surface area (Å²) in [7, 11) is 0. The van der Waals surface area contributed by atoms with Crippen LogP contribution in [0, 0.1) is 99.0 Å². The minimum absolute atomic E-state index is 0.115. The topological polar surface area (TPSA) is 189 Å². The first-order chi connectivity index (χ1) is 41.8. The molecular formula is C71H29F3N12. The lowest BCUT2D eigenvalue weighted by Crippen LogP contribution is -2.09. The molecule has 2 heterocycles. The Hall–Kier alpha value is -13.5. The fourth-order valence-electron chi connectivity index (χ4n) is 11.4. The number of rotatable bonds is 7. The highest BCUT2D eigenvalue weighted by molar-refractivity contribution is 6.15. The van der Waals surface area contributed by atoms with Gasteiger partial charge in [0.25, 0.3) is 0 Å². The van der Waals surface area contributed by atoms with Crippen molar-refractivity contribution < 1.29 is 13.2 Å². The molecule has 0 saturated heterocycles. The van der Waals surface area contributed by atoms with Crippen LogP contribution in [0.15, 0.2) is 176 Å². The van der Waals surface area contributed by atoms with E-state index in [0.29, 0.717) is 93.8 Å². The molecule has 2 aromatic heterocycles. The molecule has 394 valence electrons. The molecule has 0 unspecified atom stereocenters. The van der Waals surface area contributed by atoms with Crippen molar-refractivity contribution in [2.45, 2.75) is 6.18 Å². The summed E-state index contributed by atoms with van der Waals surface area (Å²) in [5, 5.41) is 72.7. The van der Waals surface area contributed by atoms with Crippen LogP contribution in [0.3, 0.4) is 0 Å². The third kappa shape index (κ3) is 8.73. The lowest BCUT2D eigenvalue weighted by atomic mass is 9.94. The maximum atomic E-state index is 15.4. The van der Waals surface area contributed by atoms with Gasteiger partial charge in [0.05, 0.1) is 129 Å². The summed E-state index contributed by atoms with van der Waals surface area (Å²) in [6, 6.07) is 62.0. The summed E-state index contributed by atoms with van der Waals surface area (Å²) in [5.41, 5.74) is 7.05. The number of halogens is 3. The number of aromatic nitrogens is 2. The zero-order valence-corrected chi connectivity index (χ0v) is 44.2. The van der Waals surface area contributed by atoms with Gasteiger partial charge in [0.2, 0.25) is 0 Å². The summed E-state index contributed by atoms with van der Waals surface area (Å²) in [4.78, 5) is 11.2. The van der Waals surface area contributed by atoms with Gasteiger partial charge in [-0.05, 0) is 171 Å². The maximum Gasteiger partial charge on any atom is 0.417 e. The largest absolute Gasteiger partial charge is 0.417 e. The lowest BCUT2D eigenvalue weighted by Gasteiger charge is -2.21. The van der Waals surface area contributed by atoms with E-state index in [1.807, 2.05) is 63.7 Å². The molecule has 0 amide bonds. The molecule has 0 N–H and O–H groups in total. The number of hydrogen-bond donors (Lipinski definition) is 0. The van der Waals surface area contributed by atoms with Crippen LogP contribution in [0.25, 0.3) is 125 Å². The molecule has 12 nitrogen and oxygen atoms in total. The molecule has 0 radical (unpaired) electrons. The predicted octanol–water partition coefficient (Wildman–Crippen LogP) is 18.0. The smallest absolute Gasteiger partial charge is 0.308 e. The molecule has 0 bridgehead atoms. The molecular weight excluding hydrogens is 1080 g/mol. The molecule has 10 aromatic carbocycles. The van der Waals surface area contributed by atoms with E-state index < -0.39 is 11.7 Å². The van der Waals surface area contributed by atoms with E-state index in [4.69, 9.17) is 19.7 Å². The van der Waals surface area contributed by atoms with Crippen molar-refractivity contribution in [3.05, 3.63) is 255 Å². The van der Waals surface area contributed by atoms with Crippen molar-refractivity contribution in [1.82, 2.24) is 9.13 Å². The molecule has 0 aliphatic carbocycles. The third-order valence-corrected chi connectivity index (χ3v) is 15.3. The molecule has 0 spiro atoms. The van der Waals surface area contributed by atoms with E-state index in [1.54, 1.807) is 72.8 Å². The van der Waals surface area contributed by atoms with Gasteiger partial charge in [-0.25, -0.2) is 14.5 Å². The van der Waals surface area contributed by atoms with Crippen LogP contribution in [0.5, 0.6) is 0 Å². The Kier molecular flexibility index (Phi) is 12.9. The molecule has 86 heavy (non-hydrogen) atoms. The summed E-state index contributed by atoms with van der Waals surface area (Å²) >= 11 is 0. The molecule has 12 aromatic rings. The van der Waals surface area contributed by atoms with Gasteiger partial charge in [0.1, 0.15) is 0 Å². The zero-order valence-electron chi connectivity index (χ0n) is 44.2. The van der Waals surface area contributed by atoms with Gasteiger partial charge in [-0.15, -0.1) is 0 Å². The lowest BCUT2D eigenvalue weighted by molar-refractivity contribution is -0.137. The Bertz CT molecular complexity index is 5230. The van der Waals surface area contributed by atoms with E-state index >= 15 is 13.2 Å². The van der Waals surface area contributed by atoms with E-state index in [-0.39, 0.29) is 72.8 Å². The van der Waals surface area contributed by atoms with Gasteiger partial charge in [-0.1, -0.05) is 60.7 Å². The molecule has 0 fully saturated rings. The van der Waals surface area contributed by atoms with Gasteiger partial charge in [-0.3, -0.25) is 0 Å². The van der Waals surface area contributed by atoms with Crippen molar-refractivity contribution in [2.75, 3.05) is 0 Å². The normalized spacial score (nSPS) is 10.8. The fourth-order valence-corrected chi connectivity index (χ4v) is 11.4. The van der Waals surface area contributed by atoms with Crippen molar-refractivity contribution in [1.29, 1.82) is 36.8 Å². The number of benzene rings is 10. The van der Waals surface area contributed by atoms with Gasteiger partial charge >= 0.3 is 6.18 Å². The van der Waals surface area contributed by atoms with Gasteiger partial charge < -0.3 is 9.13 Å². The second-order valence-electron chi connectivity index (χ2n) is 19.8. The Morgan fingerprint density at radius 3 is 1.09 bits per heavy atom. The van der Waals surface area contributed by atoms with Crippen molar-refractivity contribution >= 4 is 60.7 Å². The number of alkyl halides is 3. The number of hydrogen-bond acceptors (Lipinski definition) is 7. The van der Waals surface area contributed by atoms with Crippen LogP contribution < -0.4 is 0 Å². The zero-order chi connectivity index (χ0) is 60.1. The average molecular weight is 1110 g/mol. The Morgan fingerprint density at radius 1 is 0.326 bits per heavy atom. The summed E-state index contributed by atoms with van der Waals surface area (Å²) in [6.07, 6.45) is -4.99. The third-order valence-electron chi connectivity index (χ3n) is 15.3. The first kappa shape index (κ1) is 53.1. The van der Waals surface area contributed by atoms with Crippen LogP contribution in [-0.2, 0) is 6.18 Å². The number of fused-ring (bicyclic) bond motifs is 6. The molecule has 0 aliphatic heterocycles. The van der Waals surface area contributed by atoms with E-state index in [1.165, 1.54) is 48.5 Å². The van der Waals surface area contributed by atoms with Gasteiger partial charge in [0, 0.05) is 32.7 Å². The first-order valence-corrected chi connectivity index (χ1v) is 25.9. The summed E-state index contributed by atoms with van der Waals surface area (Å²) in [5.74, 6) is 0. The van der Waals surface area contributed by atoms with Crippen LogP contribution in [0.2, 0.25) is 0 Å². The second kappa shape index (κ2) is 20.9.